The van der Waals surface area contributed by atoms with Gasteiger partial charge in [-0.05, 0) is 51.0 Å². The number of nitrogens with zero attached hydrogens (tertiary/aromatic N) is 1. The van der Waals surface area contributed by atoms with Gasteiger partial charge in [-0.25, -0.2) is 4.79 Å². The van der Waals surface area contributed by atoms with Crippen LogP contribution in [0.2, 0.25) is 0 Å². The number of hydrogen-bond donors (Lipinski definition) is 1. The Hall–Kier alpha value is -3.10. The Bertz CT molecular complexity index is 833. The molecule has 0 aromatic heterocycles. The van der Waals surface area contributed by atoms with Crippen LogP contribution in [0.15, 0.2) is 30.4 Å². The zero-order chi connectivity index (χ0) is 22.5. The highest BCUT2D eigenvalue weighted by atomic mass is 19.1. The first-order valence-corrected chi connectivity index (χ1v) is 9.44. The number of rotatable bonds is 7. The lowest BCUT2D eigenvalue weighted by atomic mass is 9.98. The van der Waals surface area contributed by atoms with Crippen molar-refractivity contribution < 1.29 is 33.0 Å². The molecule has 1 atom stereocenters. The molecule has 8 nitrogen and oxygen atoms in total. The smallest absolute Gasteiger partial charge is 0.407 e. The normalized spacial score (nSPS) is 14.4. The third kappa shape index (κ3) is 6.47. The Labute approximate surface area is 175 Å². The van der Waals surface area contributed by atoms with Gasteiger partial charge >= 0.3 is 12.1 Å². The molecule has 1 aromatic carbocycles. The summed E-state index contributed by atoms with van der Waals surface area (Å²) in [4.78, 5) is 37.0. The third-order valence-electron chi connectivity index (χ3n) is 4.21. The van der Waals surface area contributed by atoms with Crippen LogP contribution in [0.1, 0.15) is 36.7 Å². The number of carbonyl (C=O) groups excluding carboxylic acids is 3. The lowest BCUT2D eigenvalue weighted by molar-refractivity contribution is -0.141. The molecule has 0 spiro atoms. The number of nitrogens with one attached hydrogen (secondary N) is 1. The van der Waals surface area contributed by atoms with Crippen LogP contribution in [0.25, 0.3) is 0 Å². The number of carbonyl (C=O) groups is 3. The Kier molecular flexibility index (Phi) is 7.42. The van der Waals surface area contributed by atoms with E-state index >= 15 is 0 Å². The zero-order valence-electron chi connectivity index (χ0n) is 17.6. The average Bonchev–Trinajstić information content (AvgIpc) is 2.66. The van der Waals surface area contributed by atoms with Gasteiger partial charge < -0.3 is 24.4 Å². The summed E-state index contributed by atoms with van der Waals surface area (Å²) in [6.07, 6.45) is -2.04. The van der Waals surface area contributed by atoms with E-state index in [0.717, 1.165) is 0 Å². The van der Waals surface area contributed by atoms with Crippen molar-refractivity contribution in [1.82, 2.24) is 10.2 Å². The van der Waals surface area contributed by atoms with E-state index in [1.165, 1.54) is 24.1 Å². The van der Waals surface area contributed by atoms with Crippen molar-refractivity contribution in [2.24, 2.45) is 0 Å². The standard InChI is InChI=1S/C21H27FN2O6/c1-13(11-23-20(27)30-21(2,3)4)18(22)29-15-6-7-16-14(10-15)8-9-24(19(16)26)12-17(25)28-5/h6-7,10,18H,1,8-9,11-12H2,2-5H3,(H,23,27). The van der Waals surface area contributed by atoms with Crippen molar-refractivity contribution in [2.45, 2.75) is 39.2 Å². The fourth-order valence-electron chi connectivity index (χ4n) is 2.74. The zero-order valence-corrected chi connectivity index (χ0v) is 17.6. The number of alkyl carbamates (subject to hydrolysis) is 1. The van der Waals surface area contributed by atoms with Crippen molar-refractivity contribution in [3.63, 3.8) is 0 Å². The molecule has 0 saturated carbocycles. The van der Waals surface area contributed by atoms with Crippen molar-refractivity contribution in [3.8, 4) is 5.75 Å². The second-order valence-electron chi connectivity index (χ2n) is 7.82. The summed E-state index contributed by atoms with van der Waals surface area (Å²) in [6.45, 7) is 8.82. The minimum Gasteiger partial charge on any atom is -0.468 e. The largest absolute Gasteiger partial charge is 0.468 e. The van der Waals surface area contributed by atoms with Crippen molar-refractivity contribution in [1.29, 1.82) is 0 Å². The first kappa shape index (κ1) is 23.2. The molecule has 1 aliphatic heterocycles. The fraction of sp³-hybridized carbons (Fsp3) is 0.476. The minimum absolute atomic E-state index is 0.0129. The highest BCUT2D eigenvalue weighted by Gasteiger charge is 2.27. The highest BCUT2D eigenvalue weighted by molar-refractivity contribution is 5.98. The second kappa shape index (κ2) is 9.60. The number of esters is 1. The Morgan fingerprint density at radius 1 is 1.33 bits per heavy atom. The molecule has 1 N–H and O–H groups in total. The van der Waals surface area contributed by atoms with Crippen LogP contribution in [-0.4, -0.2) is 61.6 Å². The fourth-order valence-corrected chi connectivity index (χ4v) is 2.74. The van der Waals surface area contributed by atoms with E-state index in [1.807, 2.05) is 0 Å². The summed E-state index contributed by atoms with van der Waals surface area (Å²) in [5, 5.41) is 2.42. The van der Waals surface area contributed by atoms with Gasteiger partial charge in [0.2, 0.25) is 0 Å². The van der Waals surface area contributed by atoms with E-state index in [0.29, 0.717) is 24.1 Å². The van der Waals surface area contributed by atoms with Gasteiger partial charge in [-0.15, -0.1) is 0 Å². The Morgan fingerprint density at radius 2 is 2.03 bits per heavy atom. The number of amides is 2. The summed E-state index contributed by atoms with van der Waals surface area (Å²) >= 11 is 0. The van der Waals surface area contributed by atoms with Gasteiger partial charge in [0.15, 0.2) is 0 Å². The molecule has 0 radical (unpaired) electrons. The van der Waals surface area contributed by atoms with E-state index in [9.17, 15) is 18.8 Å². The minimum atomic E-state index is -1.85. The number of ether oxygens (including phenoxy) is 3. The molecular formula is C21H27FN2O6. The van der Waals surface area contributed by atoms with Gasteiger partial charge in [-0.3, -0.25) is 9.59 Å². The summed E-state index contributed by atoms with van der Waals surface area (Å²) in [5.41, 5.74) is 0.477. The second-order valence-corrected chi connectivity index (χ2v) is 7.82. The molecule has 1 aliphatic rings. The van der Waals surface area contributed by atoms with Crippen LogP contribution in [0.3, 0.4) is 0 Å². The average molecular weight is 422 g/mol. The maximum Gasteiger partial charge on any atom is 0.407 e. The molecule has 1 heterocycles. The van der Waals surface area contributed by atoms with Gasteiger partial charge in [0.05, 0.1) is 7.11 Å². The first-order valence-electron chi connectivity index (χ1n) is 9.44. The molecule has 0 aliphatic carbocycles. The maximum absolute atomic E-state index is 14.4. The Morgan fingerprint density at radius 3 is 2.67 bits per heavy atom. The number of alkyl halides is 1. The van der Waals surface area contributed by atoms with E-state index in [2.05, 4.69) is 16.6 Å². The topological polar surface area (TPSA) is 94.2 Å². The summed E-state index contributed by atoms with van der Waals surface area (Å²) < 4.78 is 29.3. The SMILES string of the molecule is C=C(CNC(=O)OC(C)(C)C)C(F)Oc1ccc2c(c1)CCN(CC(=O)OC)C2=O. The molecular weight excluding hydrogens is 395 g/mol. The van der Waals surface area contributed by atoms with Gasteiger partial charge in [0, 0.05) is 24.2 Å². The quantitative estimate of drug-likeness (QED) is 0.536. The van der Waals surface area contributed by atoms with E-state index in [4.69, 9.17) is 9.47 Å². The van der Waals surface area contributed by atoms with E-state index in [1.54, 1.807) is 26.8 Å². The van der Waals surface area contributed by atoms with E-state index < -0.39 is 24.0 Å². The lowest BCUT2D eigenvalue weighted by Crippen LogP contribution is -2.41. The van der Waals surface area contributed by atoms with Crippen molar-refractivity contribution in [2.75, 3.05) is 26.7 Å². The summed E-state index contributed by atoms with van der Waals surface area (Å²) in [6, 6.07) is 4.59. The monoisotopic (exact) mass is 422 g/mol. The third-order valence-corrected chi connectivity index (χ3v) is 4.21. The van der Waals surface area contributed by atoms with Gasteiger partial charge in [0.1, 0.15) is 17.9 Å². The lowest BCUT2D eigenvalue weighted by Gasteiger charge is -2.28. The number of fused-ring (bicyclic) bond motifs is 1. The summed E-state index contributed by atoms with van der Waals surface area (Å²) in [5.74, 6) is -0.560. The molecule has 1 aromatic rings. The van der Waals surface area contributed by atoms with Crippen LogP contribution in [0, 0.1) is 0 Å². The molecule has 0 saturated heterocycles. The molecule has 1 unspecified atom stereocenters. The molecule has 0 fully saturated rings. The number of halogens is 1. The van der Waals surface area contributed by atoms with Crippen molar-refractivity contribution >= 4 is 18.0 Å². The molecule has 2 rings (SSSR count). The molecule has 9 heteroatoms. The molecule has 164 valence electrons. The predicted molar refractivity (Wildman–Crippen MR) is 107 cm³/mol. The highest BCUT2D eigenvalue weighted by Crippen LogP contribution is 2.25. The Balaban J connectivity index is 1.94. The van der Waals surface area contributed by atoms with Crippen LogP contribution in [-0.2, 0) is 20.7 Å². The predicted octanol–water partition coefficient (Wildman–Crippen LogP) is 2.61. The number of benzene rings is 1. The maximum atomic E-state index is 14.4. The molecule has 2 amide bonds. The molecule has 0 bridgehead atoms. The summed E-state index contributed by atoms with van der Waals surface area (Å²) in [7, 11) is 1.26. The van der Waals surface area contributed by atoms with Crippen molar-refractivity contribution in [3.05, 3.63) is 41.5 Å². The van der Waals surface area contributed by atoms with Crippen LogP contribution in [0.5, 0.6) is 5.75 Å². The number of methoxy groups -OCH3 is 1. The van der Waals surface area contributed by atoms with Crippen LogP contribution < -0.4 is 10.1 Å². The van der Waals surface area contributed by atoms with Gasteiger partial charge in [0.25, 0.3) is 12.3 Å². The van der Waals surface area contributed by atoms with Gasteiger partial charge in [-0.2, -0.15) is 4.39 Å². The van der Waals surface area contributed by atoms with Crippen LogP contribution >= 0.6 is 0 Å². The van der Waals surface area contributed by atoms with E-state index in [-0.39, 0.29) is 30.3 Å². The van der Waals surface area contributed by atoms with Gasteiger partial charge in [-0.1, -0.05) is 6.58 Å². The van der Waals surface area contributed by atoms with Crippen LogP contribution in [0.4, 0.5) is 9.18 Å². The first-order chi connectivity index (χ1) is 14.0. The molecule has 30 heavy (non-hydrogen) atoms. The number of hydrogen-bond acceptors (Lipinski definition) is 6.